The number of anilines is 1. The molecule has 0 aliphatic rings. The number of rotatable bonds is 7. The van der Waals surface area contributed by atoms with Crippen molar-refractivity contribution in [2.75, 3.05) is 5.32 Å². The van der Waals surface area contributed by atoms with E-state index < -0.39 is 23.8 Å². The normalized spacial score (nSPS) is 11.5. The second kappa shape index (κ2) is 9.52. The highest BCUT2D eigenvalue weighted by Gasteiger charge is 2.32. The molecule has 6 nitrogen and oxygen atoms in total. The van der Waals surface area contributed by atoms with E-state index >= 15 is 0 Å². The Morgan fingerprint density at radius 3 is 1.87 bits per heavy atom. The summed E-state index contributed by atoms with van der Waals surface area (Å²) in [6.45, 7) is 1.37. The maximum atomic E-state index is 12.9. The highest BCUT2D eigenvalue weighted by Crippen LogP contribution is 2.28. The smallest absolute Gasteiger partial charge is 0.327 e. The van der Waals surface area contributed by atoms with Gasteiger partial charge in [0.05, 0.1) is 0 Å². The average Bonchev–Trinajstić information content (AvgIpc) is 2.74. The van der Waals surface area contributed by atoms with Gasteiger partial charge in [-0.05, 0) is 29.3 Å². The van der Waals surface area contributed by atoms with Gasteiger partial charge in [0.1, 0.15) is 6.04 Å². The highest BCUT2D eigenvalue weighted by atomic mass is 16.4. The van der Waals surface area contributed by atoms with Gasteiger partial charge in [0.15, 0.2) is 0 Å². The topological polar surface area (TPSA) is 95.5 Å². The largest absolute Gasteiger partial charge is 0.480 e. The third kappa shape index (κ3) is 5.11. The molecule has 0 radical (unpaired) electrons. The molecule has 0 saturated carbocycles. The van der Waals surface area contributed by atoms with Gasteiger partial charge < -0.3 is 15.7 Å². The van der Waals surface area contributed by atoms with Crippen molar-refractivity contribution in [3.8, 4) is 0 Å². The summed E-state index contributed by atoms with van der Waals surface area (Å²) in [5.41, 5.74) is 2.28. The maximum Gasteiger partial charge on any atom is 0.327 e. The molecule has 0 fully saturated rings. The highest BCUT2D eigenvalue weighted by molar-refractivity contribution is 5.98. The van der Waals surface area contributed by atoms with Crippen LogP contribution < -0.4 is 10.6 Å². The zero-order chi connectivity index (χ0) is 21.5. The third-order valence-corrected chi connectivity index (χ3v) is 4.65. The number of benzene rings is 3. The Hall–Kier alpha value is -3.93. The molecule has 0 aromatic heterocycles. The molecule has 0 aliphatic carbocycles. The van der Waals surface area contributed by atoms with Crippen molar-refractivity contribution in [1.82, 2.24) is 5.32 Å². The Labute approximate surface area is 174 Å². The van der Waals surface area contributed by atoms with Crippen LogP contribution in [-0.4, -0.2) is 28.9 Å². The van der Waals surface area contributed by atoms with Crippen LogP contribution in [0.4, 0.5) is 5.69 Å². The Morgan fingerprint density at radius 1 is 0.800 bits per heavy atom. The van der Waals surface area contributed by atoms with Gasteiger partial charge in [0.2, 0.25) is 5.91 Å². The summed E-state index contributed by atoms with van der Waals surface area (Å²) in [7, 11) is 0. The van der Waals surface area contributed by atoms with E-state index in [0.29, 0.717) is 5.69 Å². The molecular weight excluding hydrogens is 380 g/mol. The standard InChI is InChI=1S/C24H22N2O4/c1-16(27)25-20-14-8-13-19(15-20)23(28)26-22(24(29)30)21(17-9-4-2-5-10-17)18-11-6-3-7-12-18/h2-15,21-22H,1H3,(H,25,27)(H,26,28)(H,29,30)/t22-/m1/s1. The maximum absolute atomic E-state index is 12.9. The van der Waals surface area contributed by atoms with Crippen molar-refractivity contribution in [2.24, 2.45) is 0 Å². The number of aliphatic carboxylic acids is 1. The molecule has 2 amide bonds. The number of hydrogen-bond donors (Lipinski definition) is 3. The molecule has 3 rings (SSSR count). The van der Waals surface area contributed by atoms with Gasteiger partial charge in [-0.3, -0.25) is 9.59 Å². The Bertz CT molecular complexity index is 996. The van der Waals surface area contributed by atoms with Crippen molar-refractivity contribution in [1.29, 1.82) is 0 Å². The van der Waals surface area contributed by atoms with E-state index in [2.05, 4.69) is 10.6 Å². The van der Waals surface area contributed by atoms with Crippen LogP contribution in [0.25, 0.3) is 0 Å². The van der Waals surface area contributed by atoms with Crippen LogP contribution in [0.15, 0.2) is 84.9 Å². The predicted octanol–water partition coefficient (Wildman–Crippen LogP) is 3.66. The van der Waals surface area contributed by atoms with E-state index in [1.165, 1.54) is 13.0 Å². The summed E-state index contributed by atoms with van der Waals surface area (Å²) < 4.78 is 0. The second-order valence-electron chi connectivity index (χ2n) is 6.85. The lowest BCUT2D eigenvalue weighted by atomic mass is 9.85. The summed E-state index contributed by atoms with van der Waals surface area (Å²) in [6.07, 6.45) is 0. The van der Waals surface area contributed by atoms with Crippen molar-refractivity contribution in [2.45, 2.75) is 18.9 Å². The number of carboxylic acid groups (broad SMARTS) is 1. The van der Waals surface area contributed by atoms with E-state index in [0.717, 1.165) is 11.1 Å². The van der Waals surface area contributed by atoms with Crippen molar-refractivity contribution in [3.63, 3.8) is 0 Å². The van der Waals surface area contributed by atoms with Crippen molar-refractivity contribution >= 4 is 23.5 Å². The summed E-state index contributed by atoms with van der Waals surface area (Å²) in [4.78, 5) is 36.3. The minimum Gasteiger partial charge on any atom is -0.480 e. The number of hydrogen-bond acceptors (Lipinski definition) is 3. The molecule has 0 heterocycles. The molecule has 0 aliphatic heterocycles. The monoisotopic (exact) mass is 402 g/mol. The van der Waals surface area contributed by atoms with Gasteiger partial charge in [-0.2, -0.15) is 0 Å². The Balaban J connectivity index is 1.94. The first-order valence-electron chi connectivity index (χ1n) is 9.47. The molecular formula is C24H22N2O4. The SMILES string of the molecule is CC(=O)Nc1cccc(C(=O)N[C@@H](C(=O)O)C(c2ccccc2)c2ccccc2)c1. The number of carbonyl (C=O) groups is 3. The lowest BCUT2D eigenvalue weighted by molar-refractivity contribution is -0.139. The van der Waals surface area contributed by atoms with E-state index in [4.69, 9.17) is 0 Å². The lowest BCUT2D eigenvalue weighted by Gasteiger charge is -2.26. The molecule has 30 heavy (non-hydrogen) atoms. The van der Waals surface area contributed by atoms with Gasteiger partial charge in [0, 0.05) is 24.1 Å². The zero-order valence-electron chi connectivity index (χ0n) is 16.4. The molecule has 0 spiro atoms. The van der Waals surface area contributed by atoms with Crippen LogP contribution in [0.1, 0.15) is 34.3 Å². The van der Waals surface area contributed by atoms with Crippen LogP contribution in [0, 0.1) is 0 Å². The Kier molecular flexibility index (Phi) is 6.60. The van der Waals surface area contributed by atoms with E-state index in [1.54, 1.807) is 18.2 Å². The summed E-state index contributed by atoms with van der Waals surface area (Å²) in [6, 6.07) is 23.6. The minimum atomic E-state index is -1.19. The van der Waals surface area contributed by atoms with Gasteiger partial charge in [-0.25, -0.2) is 4.79 Å². The molecule has 0 saturated heterocycles. The molecule has 1 atom stereocenters. The van der Waals surface area contributed by atoms with Crippen LogP contribution in [-0.2, 0) is 9.59 Å². The first-order valence-corrected chi connectivity index (χ1v) is 9.47. The molecule has 152 valence electrons. The lowest BCUT2D eigenvalue weighted by Crippen LogP contribution is -2.45. The van der Waals surface area contributed by atoms with E-state index in [9.17, 15) is 19.5 Å². The fourth-order valence-electron chi connectivity index (χ4n) is 3.35. The first kappa shape index (κ1) is 20.8. The second-order valence-corrected chi connectivity index (χ2v) is 6.85. The number of nitrogens with one attached hydrogen (secondary N) is 2. The van der Waals surface area contributed by atoms with E-state index in [1.807, 2.05) is 60.7 Å². The van der Waals surface area contributed by atoms with Crippen molar-refractivity contribution in [3.05, 3.63) is 102 Å². The van der Waals surface area contributed by atoms with Crippen LogP contribution in [0.2, 0.25) is 0 Å². The molecule has 6 heteroatoms. The third-order valence-electron chi connectivity index (χ3n) is 4.65. The molecule has 3 N–H and O–H groups in total. The van der Waals surface area contributed by atoms with Gasteiger partial charge in [-0.1, -0.05) is 66.7 Å². The summed E-state index contributed by atoms with van der Waals surface area (Å²) in [5.74, 6) is -2.51. The molecule has 0 bridgehead atoms. The minimum absolute atomic E-state index is 0.257. The van der Waals surface area contributed by atoms with Gasteiger partial charge in [-0.15, -0.1) is 0 Å². The molecule has 0 unspecified atom stereocenters. The summed E-state index contributed by atoms with van der Waals surface area (Å²) >= 11 is 0. The fraction of sp³-hybridized carbons (Fsp3) is 0.125. The average molecular weight is 402 g/mol. The molecule has 3 aromatic rings. The van der Waals surface area contributed by atoms with E-state index in [-0.39, 0.29) is 11.5 Å². The number of amides is 2. The van der Waals surface area contributed by atoms with Crippen LogP contribution in [0.3, 0.4) is 0 Å². The quantitative estimate of drug-likeness (QED) is 0.562. The Morgan fingerprint density at radius 2 is 1.37 bits per heavy atom. The first-order chi connectivity index (χ1) is 14.5. The summed E-state index contributed by atoms with van der Waals surface area (Å²) in [5, 5.41) is 15.2. The van der Waals surface area contributed by atoms with Crippen LogP contribution in [0.5, 0.6) is 0 Å². The van der Waals surface area contributed by atoms with Gasteiger partial charge >= 0.3 is 5.97 Å². The van der Waals surface area contributed by atoms with Crippen molar-refractivity contribution < 1.29 is 19.5 Å². The fourth-order valence-corrected chi connectivity index (χ4v) is 3.35. The zero-order valence-corrected chi connectivity index (χ0v) is 16.4. The van der Waals surface area contributed by atoms with Gasteiger partial charge in [0.25, 0.3) is 5.91 Å². The van der Waals surface area contributed by atoms with Crippen LogP contribution >= 0.6 is 0 Å². The predicted molar refractivity (Wildman–Crippen MR) is 114 cm³/mol. The number of carboxylic acids is 1. The molecule has 3 aromatic carbocycles. The number of carbonyl (C=O) groups excluding carboxylic acids is 2.